The van der Waals surface area contributed by atoms with Crippen LogP contribution >= 0.6 is 11.6 Å². The number of carbonyl (C=O) groups is 2. The summed E-state index contributed by atoms with van der Waals surface area (Å²) >= 11 is 6.38. The Morgan fingerprint density at radius 2 is 1.94 bits per heavy atom. The van der Waals surface area contributed by atoms with E-state index in [1.54, 1.807) is 4.90 Å². The molecule has 172 valence electrons. The molecule has 1 N–H and O–H groups in total. The van der Waals surface area contributed by atoms with Gasteiger partial charge in [0, 0.05) is 46.8 Å². The van der Waals surface area contributed by atoms with Gasteiger partial charge in [0.05, 0.1) is 6.04 Å². The molecule has 4 rings (SSSR count). The van der Waals surface area contributed by atoms with Gasteiger partial charge in [-0.05, 0) is 56.4 Å². The van der Waals surface area contributed by atoms with Gasteiger partial charge in [-0.25, -0.2) is 0 Å². The summed E-state index contributed by atoms with van der Waals surface area (Å²) in [6.45, 7) is 7.60. The molecule has 0 bridgehead atoms. The molecule has 1 aromatic heterocycles. The molecular formula is C26H29ClN4O2. The molecule has 0 saturated carbocycles. The molecule has 7 heteroatoms. The first-order valence-corrected chi connectivity index (χ1v) is 11.4. The third-order valence-corrected chi connectivity index (χ3v) is 6.33. The monoisotopic (exact) mass is 464 g/mol. The lowest BCUT2D eigenvalue weighted by Gasteiger charge is -2.38. The van der Waals surface area contributed by atoms with Crippen LogP contribution in [0.25, 0.3) is 22.0 Å². The first-order chi connectivity index (χ1) is 15.8. The number of amides is 2. The van der Waals surface area contributed by atoms with E-state index < -0.39 is 0 Å². The van der Waals surface area contributed by atoms with Crippen molar-refractivity contribution in [3.8, 4) is 11.1 Å². The molecule has 2 amide bonds. The molecule has 33 heavy (non-hydrogen) atoms. The molecule has 1 fully saturated rings. The van der Waals surface area contributed by atoms with Crippen molar-refractivity contribution >= 4 is 34.3 Å². The Labute approximate surface area is 199 Å². The van der Waals surface area contributed by atoms with E-state index in [4.69, 9.17) is 11.6 Å². The van der Waals surface area contributed by atoms with Crippen molar-refractivity contribution in [3.63, 3.8) is 0 Å². The van der Waals surface area contributed by atoms with E-state index in [0.29, 0.717) is 18.1 Å². The van der Waals surface area contributed by atoms with Gasteiger partial charge in [0.25, 0.3) is 0 Å². The Bertz CT molecular complexity index is 1220. The smallest absolute Gasteiger partial charge is 0.246 e. The van der Waals surface area contributed by atoms with Crippen molar-refractivity contribution in [2.75, 3.05) is 27.2 Å². The fourth-order valence-electron chi connectivity index (χ4n) is 4.54. The third kappa shape index (κ3) is 4.68. The van der Waals surface area contributed by atoms with Gasteiger partial charge in [-0.3, -0.25) is 9.59 Å². The maximum absolute atomic E-state index is 12.9. The number of carbonyl (C=O) groups excluding carboxylic acids is 2. The average Bonchev–Trinajstić information content (AvgIpc) is 3.00. The molecule has 0 radical (unpaired) electrons. The first kappa shape index (κ1) is 23.1. The fraction of sp³-hybridized carbons (Fsp3) is 0.308. The summed E-state index contributed by atoms with van der Waals surface area (Å²) in [6.07, 6.45) is 1.30. The summed E-state index contributed by atoms with van der Waals surface area (Å²) in [4.78, 5) is 28.3. The molecule has 1 aliphatic rings. The summed E-state index contributed by atoms with van der Waals surface area (Å²) < 4.78 is 2.05. The topological polar surface area (TPSA) is 57.6 Å². The Hall–Kier alpha value is -3.09. The van der Waals surface area contributed by atoms with Crippen molar-refractivity contribution in [3.05, 3.63) is 71.4 Å². The second-order valence-electron chi connectivity index (χ2n) is 8.81. The zero-order valence-electron chi connectivity index (χ0n) is 19.3. The second-order valence-corrected chi connectivity index (χ2v) is 9.25. The van der Waals surface area contributed by atoms with E-state index in [9.17, 15) is 9.59 Å². The molecular weight excluding hydrogens is 436 g/mol. The lowest BCUT2D eigenvalue weighted by molar-refractivity contribution is -0.133. The maximum Gasteiger partial charge on any atom is 0.246 e. The Balaban J connectivity index is 1.66. The summed E-state index contributed by atoms with van der Waals surface area (Å²) in [5.74, 6) is -0.181. The standard InChI is InChI=1S/C26H29ClN4O2/c1-5-25(33)30-14-20(15-30)28-24(32)16-31-17(2)26(22-12-19(27)10-11-23(22)31)21-9-7-6-8-18(21)13-29(3)4/h5-12,20H,1,13-16H2,2-4H3,(H,28,32). The molecule has 6 nitrogen and oxygen atoms in total. The van der Waals surface area contributed by atoms with Crippen molar-refractivity contribution in [1.82, 2.24) is 19.7 Å². The van der Waals surface area contributed by atoms with Crippen LogP contribution in [0, 0.1) is 6.92 Å². The molecule has 2 aromatic carbocycles. The maximum atomic E-state index is 12.9. The minimum atomic E-state index is -0.106. The number of likely N-dealkylation sites (tertiary alicyclic amines) is 1. The first-order valence-electron chi connectivity index (χ1n) is 11.0. The minimum Gasteiger partial charge on any atom is -0.348 e. The van der Waals surface area contributed by atoms with Crippen LogP contribution in [0.4, 0.5) is 0 Å². The van der Waals surface area contributed by atoms with Crippen LogP contribution < -0.4 is 5.32 Å². The second kappa shape index (κ2) is 9.41. The number of aromatic nitrogens is 1. The Kier molecular flexibility index (Phi) is 6.58. The third-order valence-electron chi connectivity index (χ3n) is 6.09. The van der Waals surface area contributed by atoms with Gasteiger partial charge in [-0.1, -0.05) is 42.4 Å². The summed E-state index contributed by atoms with van der Waals surface area (Å²) in [5, 5.41) is 4.74. The minimum absolute atomic E-state index is 0.0294. The van der Waals surface area contributed by atoms with E-state index in [1.165, 1.54) is 11.6 Å². The SMILES string of the molecule is C=CC(=O)N1CC(NC(=O)Cn2c(C)c(-c3ccccc3CN(C)C)c3cc(Cl)ccc32)C1. The highest BCUT2D eigenvalue weighted by atomic mass is 35.5. The van der Waals surface area contributed by atoms with Gasteiger partial charge in [-0.2, -0.15) is 0 Å². The van der Waals surface area contributed by atoms with Crippen molar-refractivity contribution in [1.29, 1.82) is 0 Å². The van der Waals surface area contributed by atoms with Gasteiger partial charge in [0.2, 0.25) is 11.8 Å². The van der Waals surface area contributed by atoms with E-state index in [1.807, 2.05) is 28.8 Å². The van der Waals surface area contributed by atoms with E-state index in [2.05, 4.69) is 56.0 Å². The van der Waals surface area contributed by atoms with Crippen LogP contribution in [0.2, 0.25) is 5.02 Å². The van der Waals surface area contributed by atoms with Crippen LogP contribution in [0.3, 0.4) is 0 Å². The molecule has 1 aliphatic heterocycles. The number of halogens is 1. The summed E-state index contributed by atoms with van der Waals surface area (Å²) in [6, 6.07) is 14.1. The van der Waals surface area contributed by atoms with Crippen LogP contribution in [-0.4, -0.2) is 59.4 Å². The number of hydrogen-bond donors (Lipinski definition) is 1. The van der Waals surface area contributed by atoms with Gasteiger partial charge in [-0.15, -0.1) is 0 Å². The van der Waals surface area contributed by atoms with Crippen LogP contribution in [0.1, 0.15) is 11.3 Å². The van der Waals surface area contributed by atoms with Crippen molar-refractivity contribution in [2.24, 2.45) is 0 Å². The predicted molar refractivity (Wildman–Crippen MR) is 133 cm³/mol. The Morgan fingerprint density at radius 1 is 1.21 bits per heavy atom. The lowest BCUT2D eigenvalue weighted by Crippen LogP contribution is -2.61. The van der Waals surface area contributed by atoms with E-state index in [0.717, 1.165) is 34.3 Å². The van der Waals surface area contributed by atoms with Crippen molar-refractivity contribution in [2.45, 2.75) is 26.1 Å². The molecule has 0 unspecified atom stereocenters. The summed E-state index contributed by atoms with van der Waals surface area (Å²) in [5.41, 5.74) is 5.46. The number of nitrogens with one attached hydrogen (secondary N) is 1. The highest BCUT2D eigenvalue weighted by molar-refractivity contribution is 6.31. The summed E-state index contributed by atoms with van der Waals surface area (Å²) in [7, 11) is 4.11. The number of benzene rings is 2. The van der Waals surface area contributed by atoms with Crippen LogP contribution in [0.15, 0.2) is 55.1 Å². The molecule has 1 saturated heterocycles. The van der Waals surface area contributed by atoms with Crippen LogP contribution in [-0.2, 0) is 22.7 Å². The Morgan fingerprint density at radius 3 is 2.64 bits per heavy atom. The normalized spacial score (nSPS) is 13.9. The van der Waals surface area contributed by atoms with Crippen molar-refractivity contribution < 1.29 is 9.59 Å². The molecule has 0 spiro atoms. The molecule has 0 aliphatic carbocycles. The predicted octanol–water partition coefficient (Wildman–Crippen LogP) is 3.84. The van der Waals surface area contributed by atoms with E-state index in [-0.39, 0.29) is 24.4 Å². The molecule has 2 heterocycles. The number of nitrogens with zero attached hydrogens (tertiary/aromatic N) is 3. The van der Waals surface area contributed by atoms with Gasteiger partial charge in [0.15, 0.2) is 0 Å². The highest BCUT2D eigenvalue weighted by Gasteiger charge is 2.30. The lowest BCUT2D eigenvalue weighted by atomic mass is 9.97. The quantitative estimate of drug-likeness (QED) is 0.540. The molecule has 0 atom stereocenters. The van der Waals surface area contributed by atoms with Crippen LogP contribution in [0.5, 0.6) is 0 Å². The largest absolute Gasteiger partial charge is 0.348 e. The zero-order valence-corrected chi connectivity index (χ0v) is 20.0. The van der Waals surface area contributed by atoms with Gasteiger partial charge in [0.1, 0.15) is 6.54 Å². The highest BCUT2D eigenvalue weighted by Crippen LogP contribution is 2.38. The fourth-order valence-corrected chi connectivity index (χ4v) is 4.71. The number of fused-ring (bicyclic) bond motifs is 1. The molecule has 3 aromatic rings. The van der Waals surface area contributed by atoms with Gasteiger partial charge < -0.3 is 19.7 Å². The number of hydrogen-bond acceptors (Lipinski definition) is 3. The van der Waals surface area contributed by atoms with Gasteiger partial charge >= 0.3 is 0 Å². The van der Waals surface area contributed by atoms with E-state index >= 15 is 0 Å². The zero-order chi connectivity index (χ0) is 23.7. The number of rotatable bonds is 7. The average molecular weight is 465 g/mol.